The standard InChI is InChI=1S/C20H14O6/c1-7-14-9(22)5-10(23)15-11(24)6-13-17(18(14)15)19(20(7)25)16-8(21)3-2-4-12(16)26-13/h2-7,20-22,24-25H,1H3/t7-,20+/m0/s1. The van der Waals surface area contributed by atoms with E-state index in [4.69, 9.17) is 4.42 Å². The molecule has 6 heteroatoms. The minimum absolute atomic E-state index is 0.0541. The van der Waals surface area contributed by atoms with Crippen LogP contribution in [0.25, 0.3) is 32.7 Å². The molecule has 1 aromatic heterocycles. The molecule has 3 aromatic carbocycles. The van der Waals surface area contributed by atoms with Gasteiger partial charge >= 0.3 is 0 Å². The highest BCUT2D eigenvalue weighted by Gasteiger charge is 2.35. The monoisotopic (exact) mass is 350 g/mol. The van der Waals surface area contributed by atoms with Crippen LogP contribution >= 0.6 is 0 Å². The molecule has 0 unspecified atom stereocenters. The van der Waals surface area contributed by atoms with Crippen LogP contribution < -0.4 is 5.43 Å². The van der Waals surface area contributed by atoms with E-state index in [1.807, 2.05) is 0 Å². The summed E-state index contributed by atoms with van der Waals surface area (Å²) >= 11 is 0. The van der Waals surface area contributed by atoms with Crippen LogP contribution in [0.4, 0.5) is 0 Å². The molecule has 0 fully saturated rings. The van der Waals surface area contributed by atoms with Crippen LogP contribution in [0.5, 0.6) is 17.2 Å². The van der Waals surface area contributed by atoms with E-state index in [-0.39, 0.29) is 28.2 Å². The average Bonchev–Trinajstić information content (AvgIpc) is 2.58. The van der Waals surface area contributed by atoms with Gasteiger partial charge in [0.2, 0.25) is 0 Å². The SMILES string of the molecule is C[C@H]1c2c(O)cc(=O)c3c(O)cc4oc5cccc(O)c5c(c4c23)[C@@H]1O. The molecule has 130 valence electrons. The van der Waals surface area contributed by atoms with Crippen LogP contribution in [0.1, 0.15) is 30.1 Å². The zero-order valence-corrected chi connectivity index (χ0v) is 13.6. The molecule has 0 aliphatic heterocycles. The summed E-state index contributed by atoms with van der Waals surface area (Å²) in [6.07, 6.45) is -1.03. The van der Waals surface area contributed by atoms with Crippen molar-refractivity contribution >= 4 is 32.7 Å². The fourth-order valence-corrected chi connectivity index (χ4v) is 4.20. The Bertz CT molecular complexity index is 1320. The van der Waals surface area contributed by atoms with Crippen LogP contribution in [0.15, 0.2) is 39.5 Å². The lowest BCUT2D eigenvalue weighted by Crippen LogP contribution is -2.16. The van der Waals surface area contributed by atoms with E-state index in [1.54, 1.807) is 19.1 Å². The van der Waals surface area contributed by atoms with Gasteiger partial charge in [-0.25, -0.2) is 0 Å². The summed E-state index contributed by atoms with van der Waals surface area (Å²) in [6.45, 7) is 1.72. The molecule has 1 aliphatic rings. The van der Waals surface area contributed by atoms with Crippen molar-refractivity contribution in [2.75, 3.05) is 0 Å². The van der Waals surface area contributed by atoms with Gasteiger partial charge in [-0.05, 0) is 12.1 Å². The number of hydrogen-bond donors (Lipinski definition) is 4. The molecular formula is C20H14O6. The molecule has 5 rings (SSSR count). The maximum atomic E-state index is 12.4. The molecule has 0 spiro atoms. The van der Waals surface area contributed by atoms with E-state index in [0.717, 1.165) is 6.07 Å². The lowest BCUT2D eigenvalue weighted by Gasteiger charge is -2.30. The van der Waals surface area contributed by atoms with Gasteiger partial charge < -0.3 is 24.8 Å². The quantitative estimate of drug-likeness (QED) is 0.286. The average molecular weight is 350 g/mol. The maximum absolute atomic E-state index is 12.4. The van der Waals surface area contributed by atoms with E-state index < -0.39 is 17.5 Å². The van der Waals surface area contributed by atoms with Crippen LogP contribution in [-0.4, -0.2) is 20.4 Å². The number of hydrogen-bond acceptors (Lipinski definition) is 6. The van der Waals surface area contributed by atoms with Gasteiger partial charge in [-0.1, -0.05) is 13.0 Å². The Labute approximate surface area is 146 Å². The molecule has 0 saturated carbocycles. The number of benzene rings is 3. The summed E-state index contributed by atoms with van der Waals surface area (Å²) in [5.41, 5.74) is 0.899. The second-order valence-corrected chi connectivity index (χ2v) is 6.73. The molecule has 6 nitrogen and oxygen atoms in total. The minimum Gasteiger partial charge on any atom is -0.507 e. The highest BCUT2D eigenvalue weighted by molar-refractivity contribution is 6.17. The predicted octanol–water partition coefficient (Wildman–Crippen LogP) is 3.37. The molecule has 4 aromatic rings. The summed E-state index contributed by atoms with van der Waals surface area (Å²) < 4.78 is 5.83. The molecule has 4 N–H and O–H groups in total. The fourth-order valence-electron chi connectivity index (χ4n) is 4.20. The highest BCUT2D eigenvalue weighted by atomic mass is 16.3. The largest absolute Gasteiger partial charge is 0.507 e. The Balaban J connectivity index is 2.23. The number of fused-ring (bicyclic) bond motifs is 2. The third-order valence-electron chi connectivity index (χ3n) is 5.32. The predicted molar refractivity (Wildman–Crippen MR) is 95.9 cm³/mol. The van der Waals surface area contributed by atoms with Crippen molar-refractivity contribution in [3.05, 3.63) is 51.7 Å². The first-order valence-electron chi connectivity index (χ1n) is 8.18. The molecule has 0 bridgehead atoms. The Kier molecular flexibility index (Phi) is 2.71. The minimum atomic E-state index is -1.03. The molecule has 0 radical (unpaired) electrons. The first kappa shape index (κ1) is 15.0. The molecular weight excluding hydrogens is 336 g/mol. The number of phenolic OH excluding ortho intramolecular Hbond substituents is 3. The van der Waals surface area contributed by atoms with Gasteiger partial charge in [0, 0.05) is 39.9 Å². The topological polar surface area (TPSA) is 111 Å². The zero-order chi connectivity index (χ0) is 18.3. The highest BCUT2D eigenvalue weighted by Crippen LogP contribution is 2.52. The normalized spacial score (nSPS) is 19.0. The van der Waals surface area contributed by atoms with Gasteiger partial charge in [-0.2, -0.15) is 0 Å². The van der Waals surface area contributed by atoms with Crippen molar-refractivity contribution in [3.8, 4) is 17.2 Å². The second-order valence-electron chi connectivity index (χ2n) is 6.73. The van der Waals surface area contributed by atoms with Crippen LogP contribution in [0.2, 0.25) is 0 Å². The first-order chi connectivity index (χ1) is 12.4. The van der Waals surface area contributed by atoms with Crippen molar-refractivity contribution in [1.29, 1.82) is 0 Å². The van der Waals surface area contributed by atoms with Gasteiger partial charge in [0.25, 0.3) is 0 Å². The number of aliphatic hydroxyl groups is 1. The smallest absolute Gasteiger partial charge is 0.193 e. The Morgan fingerprint density at radius 1 is 0.846 bits per heavy atom. The van der Waals surface area contributed by atoms with Crippen molar-refractivity contribution < 1.29 is 24.8 Å². The number of rotatable bonds is 0. The molecule has 1 heterocycles. The Hall–Kier alpha value is -3.25. The van der Waals surface area contributed by atoms with E-state index >= 15 is 0 Å². The Morgan fingerprint density at radius 2 is 1.62 bits per heavy atom. The zero-order valence-electron chi connectivity index (χ0n) is 13.6. The molecule has 26 heavy (non-hydrogen) atoms. The van der Waals surface area contributed by atoms with Crippen LogP contribution in [-0.2, 0) is 0 Å². The van der Waals surface area contributed by atoms with E-state index in [0.29, 0.717) is 32.9 Å². The summed E-state index contributed by atoms with van der Waals surface area (Å²) in [4.78, 5) is 12.4. The van der Waals surface area contributed by atoms with Gasteiger partial charge in [-0.3, -0.25) is 4.79 Å². The van der Waals surface area contributed by atoms with Crippen molar-refractivity contribution in [2.45, 2.75) is 18.9 Å². The number of phenols is 3. The fraction of sp³-hybridized carbons (Fsp3) is 0.150. The summed E-state index contributed by atoms with van der Waals surface area (Å²) in [6, 6.07) is 7.14. The summed E-state index contributed by atoms with van der Waals surface area (Å²) in [5.74, 6) is -1.09. The van der Waals surface area contributed by atoms with Crippen molar-refractivity contribution in [3.63, 3.8) is 0 Å². The van der Waals surface area contributed by atoms with E-state index in [1.165, 1.54) is 12.1 Å². The first-order valence-corrected chi connectivity index (χ1v) is 8.18. The molecule has 2 atom stereocenters. The number of aromatic hydroxyl groups is 3. The van der Waals surface area contributed by atoms with Gasteiger partial charge in [0.1, 0.15) is 28.4 Å². The van der Waals surface area contributed by atoms with Crippen molar-refractivity contribution in [2.24, 2.45) is 0 Å². The lowest BCUT2D eigenvalue weighted by molar-refractivity contribution is 0.152. The van der Waals surface area contributed by atoms with Gasteiger partial charge in [-0.15, -0.1) is 0 Å². The van der Waals surface area contributed by atoms with E-state index in [2.05, 4.69) is 0 Å². The lowest BCUT2D eigenvalue weighted by atomic mass is 9.78. The van der Waals surface area contributed by atoms with Crippen molar-refractivity contribution in [1.82, 2.24) is 0 Å². The van der Waals surface area contributed by atoms with E-state index in [9.17, 15) is 25.2 Å². The number of aliphatic hydroxyl groups excluding tert-OH is 1. The Morgan fingerprint density at radius 3 is 2.38 bits per heavy atom. The van der Waals surface area contributed by atoms with Crippen LogP contribution in [0.3, 0.4) is 0 Å². The maximum Gasteiger partial charge on any atom is 0.193 e. The van der Waals surface area contributed by atoms with Gasteiger partial charge in [0.05, 0.1) is 16.9 Å². The summed E-state index contributed by atoms with van der Waals surface area (Å²) in [7, 11) is 0. The van der Waals surface area contributed by atoms with Gasteiger partial charge in [0.15, 0.2) is 5.43 Å². The third kappa shape index (κ3) is 1.62. The van der Waals surface area contributed by atoms with Crippen LogP contribution in [0, 0.1) is 0 Å². The summed E-state index contributed by atoms with van der Waals surface area (Å²) in [5, 5.41) is 43.3. The molecule has 0 amide bonds. The third-order valence-corrected chi connectivity index (χ3v) is 5.32. The molecule has 1 aliphatic carbocycles. The molecule has 0 saturated heterocycles. The second kappa shape index (κ2) is 4.68.